The van der Waals surface area contributed by atoms with E-state index >= 15 is 0 Å². The van der Waals surface area contributed by atoms with Gasteiger partial charge in [0.25, 0.3) is 5.97 Å². The highest BCUT2D eigenvalue weighted by Crippen LogP contribution is 2.43. The molecule has 2 unspecified atom stereocenters. The summed E-state index contributed by atoms with van der Waals surface area (Å²) in [5.74, 6) is -0.437. The fourth-order valence-electron chi connectivity index (χ4n) is 2.65. The molecule has 2 rings (SSSR count). The Hall–Kier alpha value is -0.120. The summed E-state index contributed by atoms with van der Waals surface area (Å²) in [5.41, 5.74) is 0. The van der Waals surface area contributed by atoms with Gasteiger partial charge in [0.2, 0.25) is 0 Å². The zero-order valence-corrected chi connectivity index (χ0v) is 8.87. The van der Waals surface area contributed by atoms with Gasteiger partial charge in [-0.3, -0.25) is 0 Å². The second-order valence-electron chi connectivity index (χ2n) is 4.38. The van der Waals surface area contributed by atoms with Gasteiger partial charge in [0.1, 0.15) is 0 Å². The van der Waals surface area contributed by atoms with E-state index in [2.05, 4.69) is 0 Å². The van der Waals surface area contributed by atoms with Gasteiger partial charge >= 0.3 is 0 Å². The van der Waals surface area contributed by atoms with Gasteiger partial charge in [-0.25, -0.2) is 0 Å². The lowest BCUT2D eigenvalue weighted by atomic mass is 9.77. The first-order chi connectivity index (χ1) is 6.76. The van der Waals surface area contributed by atoms with Gasteiger partial charge in [-0.15, -0.1) is 0 Å². The molecule has 0 spiro atoms. The molecule has 1 N–H and O–H groups in total. The minimum atomic E-state index is -1.25. The Morgan fingerprint density at radius 1 is 1.36 bits per heavy atom. The lowest BCUT2D eigenvalue weighted by Gasteiger charge is -2.48. The van der Waals surface area contributed by atoms with Crippen LogP contribution in [0.4, 0.5) is 0 Å². The van der Waals surface area contributed by atoms with Crippen molar-refractivity contribution < 1.29 is 14.6 Å². The third kappa shape index (κ3) is 1.81. The summed E-state index contributed by atoms with van der Waals surface area (Å²) in [5, 5.41) is 9.98. The highest BCUT2D eigenvalue weighted by Gasteiger charge is 2.52. The van der Waals surface area contributed by atoms with Crippen molar-refractivity contribution in [2.45, 2.75) is 45.0 Å². The van der Waals surface area contributed by atoms with Crippen LogP contribution in [0.1, 0.15) is 39.0 Å². The van der Waals surface area contributed by atoms with E-state index in [1.54, 1.807) is 0 Å². The highest BCUT2D eigenvalue weighted by atomic mass is 16.8. The fourth-order valence-corrected chi connectivity index (χ4v) is 2.65. The highest BCUT2D eigenvalue weighted by molar-refractivity contribution is 4.86. The zero-order valence-electron chi connectivity index (χ0n) is 8.87. The average molecular weight is 200 g/mol. The SMILES string of the molecule is CCOC1(O)OCC1C1CCCCC1. The van der Waals surface area contributed by atoms with Gasteiger partial charge in [0.05, 0.1) is 12.5 Å². The Labute approximate surface area is 85.4 Å². The summed E-state index contributed by atoms with van der Waals surface area (Å²) in [4.78, 5) is 0. The van der Waals surface area contributed by atoms with Crippen LogP contribution in [-0.2, 0) is 9.47 Å². The Bertz CT molecular complexity index is 189. The van der Waals surface area contributed by atoms with E-state index in [4.69, 9.17) is 9.47 Å². The smallest absolute Gasteiger partial charge is 0.285 e. The molecule has 3 nitrogen and oxygen atoms in total. The molecule has 82 valence electrons. The third-order valence-corrected chi connectivity index (χ3v) is 3.51. The van der Waals surface area contributed by atoms with Gasteiger partial charge in [-0.2, -0.15) is 0 Å². The van der Waals surface area contributed by atoms with E-state index < -0.39 is 5.97 Å². The second kappa shape index (κ2) is 4.17. The lowest BCUT2D eigenvalue weighted by Crippen LogP contribution is -2.58. The van der Waals surface area contributed by atoms with Crippen LogP contribution in [0.15, 0.2) is 0 Å². The summed E-state index contributed by atoms with van der Waals surface area (Å²) in [6.45, 7) is 3.07. The molecule has 0 aromatic heterocycles. The molecule has 1 aliphatic heterocycles. The molecular formula is C11H20O3. The molecule has 1 saturated carbocycles. The molecule has 0 aromatic rings. The molecule has 3 heteroatoms. The molecule has 0 radical (unpaired) electrons. The Morgan fingerprint density at radius 3 is 2.57 bits per heavy atom. The van der Waals surface area contributed by atoms with Crippen molar-refractivity contribution in [3.05, 3.63) is 0 Å². The summed E-state index contributed by atoms with van der Waals surface area (Å²) in [6.07, 6.45) is 6.39. The van der Waals surface area contributed by atoms with Crippen LogP contribution in [0.2, 0.25) is 0 Å². The number of ether oxygens (including phenoxy) is 2. The van der Waals surface area contributed by atoms with Crippen LogP contribution >= 0.6 is 0 Å². The first-order valence-corrected chi connectivity index (χ1v) is 5.76. The molecule has 1 heterocycles. The number of hydrogen-bond donors (Lipinski definition) is 1. The second-order valence-corrected chi connectivity index (χ2v) is 4.38. The molecule has 0 bridgehead atoms. The van der Waals surface area contributed by atoms with Crippen LogP contribution in [-0.4, -0.2) is 24.3 Å². The largest absolute Gasteiger partial charge is 0.343 e. The summed E-state index contributed by atoms with van der Waals surface area (Å²) < 4.78 is 10.4. The number of hydrogen-bond acceptors (Lipinski definition) is 3. The van der Waals surface area contributed by atoms with Crippen molar-refractivity contribution in [3.8, 4) is 0 Å². The van der Waals surface area contributed by atoms with Gasteiger partial charge in [0, 0.05) is 6.61 Å². The standard InChI is InChI=1S/C11H20O3/c1-2-13-11(12)10(8-14-11)9-6-4-3-5-7-9/h9-10,12H,2-8H2,1H3. The Morgan fingerprint density at radius 2 is 2.07 bits per heavy atom. The van der Waals surface area contributed by atoms with Crippen molar-refractivity contribution in [1.82, 2.24) is 0 Å². The average Bonchev–Trinajstić information content (AvgIpc) is 2.18. The number of aliphatic hydroxyl groups is 1. The maximum atomic E-state index is 9.98. The van der Waals surface area contributed by atoms with Crippen molar-refractivity contribution >= 4 is 0 Å². The van der Waals surface area contributed by atoms with E-state index in [0.29, 0.717) is 19.1 Å². The Balaban J connectivity index is 1.90. The first kappa shape index (κ1) is 10.4. The van der Waals surface area contributed by atoms with E-state index in [1.807, 2.05) is 6.92 Å². The Kier molecular flexibility index (Phi) is 3.10. The predicted octanol–water partition coefficient (Wildman–Crippen LogP) is 1.90. The summed E-state index contributed by atoms with van der Waals surface area (Å²) in [6, 6.07) is 0. The molecule has 0 aromatic carbocycles. The van der Waals surface area contributed by atoms with Crippen molar-refractivity contribution in [3.63, 3.8) is 0 Å². The topological polar surface area (TPSA) is 38.7 Å². The normalized spacial score (nSPS) is 39.4. The van der Waals surface area contributed by atoms with Gasteiger partial charge in [0.15, 0.2) is 0 Å². The van der Waals surface area contributed by atoms with Crippen LogP contribution < -0.4 is 0 Å². The molecule has 0 amide bonds. The lowest BCUT2D eigenvalue weighted by molar-refractivity contribution is -0.460. The van der Waals surface area contributed by atoms with Gasteiger partial charge in [-0.1, -0.05) is 19.3 Å². The summed E-state index contributed by atoms with van der Waals surface area (Å²) >= 11 is 0. The van der Waals surface area contributed by atoms with E-state index in [1.165, 1.54) is 32.1 Å². The molecule has 1 aliphatic carbocycles. The molecule has 1 saturated heterocycles. The monoisotopic (exact) mass is 200 g/mol. The fraction of sp³-hybridized carbons (Fsp3) is 1.00. The summed E-state index contributed by atoms with van der Waals surface area (Å²) in [7, 11) is 0. The number of rotatable bonds is 3. The maximum Gasteiger partial charge on any atom is 0.285 e. The molecule has 14 heavy (non-hydrogen) atoms. The van der Waals surface area contributed by atoms with Crippen molar-refractivity contribution in [1.29, 1.82) is 0 Å². The molecule has 2 fully saturated rings. The van der Waals surface area contributed by atoms with Crippen LogP contribution in [0.3, 0.4) is 0 Å². The third-order valence-electron chi connectivity index (χ3n) is 3.51. The molecule has 2 aliphatic rings. The van der Waals surface area contributed by atoms with Crippen LogP contribution in [0, 0.1) is 11.8 Å². The molecular weight excluding hydrogens is 180 g/mol. The maximum absolute atomic E-state index is 9.98. The van der Waals surface area contributed by atoms with Gasteiger partial charge < -0.3 is 14.6 Å². The quantitative estimate of drug-likeness (QED) is 0.707. The van der Waals surface area contributed by atoms with Gasteiger partial charge in [-0.05, 0) is 25.7 Å². The van der Waals surface area contributed by atoms with Crippen LogP contribution in [0.25, 0.3) is 0 Å². The van der Waals surface area contributed by atoms with E-state index in [0.717, 1.165) is 0 Å². The molecule has 2 atom stereocenters. The minimum Gasteiger partial charge on any atom is -0.343 e. The van der Waals surface area contributed by atoms with E-state index in [9.17, 15) is 5.11 Å². The van der Waals surface area contributed by atoms with Crippen LogP contribution in [0.5, 0.6) is 0 Å². The predicted molar refractivity (Wildman–Crippen MR) is 52.6 cm³/mol. The van der Waals surface area contributed by atoms with Crippen molar-refractivity contribution in [2.24, 2.45) is 11.8 Å². The van der Waals surface area contributed by atoms with E-state index in [-0.39, 0.29) is 5.92 Å². The zero-order chi connectivity index (χ0) is 10.0. The first-order valence-electron chi connectivity index (χ1n) is 5.76. The minimum absolute atomic E-state index is 0.211. The van der Waals surface area contributed by atoms with Crippen molar-refractivity contribution in [2.75, 3.05) is 13.2 Å².